The number of nitrogens with two attached hydrogens (primary N) is 1. The van der Waals surface area contributed by atoms with Gasteiger partial charge in [0.15, 0.2) is 16.9 Å². The molecule has 3 atom stereocenters. The van der Waals surface area contributed by atoms with Gasteiger partial charge in [0.1, 0.15) is 11.5 Å². The third-order valence-electron chi connectivity index (χ3n) is 16.0. The quantitative estimate of drug-likeness (QED) is 0.0755. The van der Waals surface area contributed by atoms with Gasteiger partial charge in [-0.15, -0.1) is 0 Å². The van der Waals surface area contributed by atoms with Gasteiger partial charge in [-0.05, 0) is 162 Å². The summed E-state index contributed by atoms with van der Waals surface area (Å²) in [6, 6.07) is 44.1. The Hall–Kier alpha value is -10.3. The Labute approximate surface area is 532 Å². The number of aromatic amines is 1. The summed E-state index contributed by atoms with van der Waals surface area (Å²) < 4.78 is 46.1. The van der Waals surface area contributed by atoms with Gasteiger partial charge in [-0.2, -0.15) is 28.5 Å². The third kappa shape index (κ3) is 16.4. The zero-order chi connectivity index (χ0) is 64.7. The maximum absolute atomic E-state index is 12.5. The first kappa shape index (κ1) is 64.7. The van der Waals surface area contributed by atoms with E-state index in [0.717, 1.165) is 103 Å². The molecule has 0 spiro atoms. The molecule has 6 aromatic heterocycles. The number of hydrogen-bond acceptors (Lipinski definition) is 13. The molecule has 3 unspecified atom stereocenters. The SMILES string of the molecule is COc1ccc(Cn2ncc3c4c(cnc32)CC(N)CC4)cc1.COc1ccc(Cn2ncc3c4c(cnc32)CC(NC(=O)c2ccccc2)CC4)cc1.O=C(Cl)c1ccccc1.O=C(NC1CCc2c(cnc3[nH]ncc23)C1)c1ccccc1.O=C(O)C(F)(F)F. The summed E-state index contributed by atoms with van der Waals surface area (Å²) in [4.78, 5) is 57.8. The number of hydrogen-bond donors (Lipinski definition) is 5. The van der Waals surface area contributed by atoms with Gasteiger partial charge in [0.05, 0.1) is 45.9 Å². The number of aryl methyl sites for hydroxylation is 3. The van der Waals surface area contributed by atoms with Crippen LogP contribution in [0.25, 0.3) is 33.1 Å². The Kier molecular flexibility index (Phi) is 21.1. The van der Waals surface area contributed by atoms with Crippen molar-refractivity contribution in [2.45, 2.75) is 95.2 Å². The molecule has 3 aliphatic rings. The van der Waals surface area contributed by atoms with Crippen LogP contribution in [0.4, 0.5) is 13.2 Å². The number of carboxylic acid groups (broad SMARTS) is 1. The summed E-state index contributed by atoms with van der Waals surface area (Å²) >= 11 is 5.16. The van der Waals surface area contributed by atoms with E-state index in [1.54, 1.807) is 38.5 Å². The van der Waals surface area contributed by atoms with Crippen LogP contribution in [0, 0.1) is 0 Å². The lowest BCUT2D eigenvalue weighted by atomic mass is 9.88. The van der Waals surface area contributed by atoms with E-state index in [0.29, 0.717) is 29.8 Å². The van der Waals surface area contributed by atoms with E-state index < -0.39 is 17.4 Å². The third-order valence-corrected chi connectivity index (χ3v) is 16.3. The second-order valence-electron chi connectivity index (χ2n) is 22.2. The van der Waals surface area contributed by atoms with E-state index in [2.05, 4.69) is 53.1 Å². The number of carbonyl (C=O) groups is 4. The van der Waals surface area contributed by atoms with Gasteiger partial charge in [-0.1, -0.05) is 91.0 Å². The van der Waals surface area contributed by atoms with E-state index in [1.807, 2.05) is 150 Å². The number of ether oxygens (including phenoxy) is 2. The molecule has 6 N–H and O–H groups in total. The van der Waals surface area contributed by atoms with Gasteiger partial charge in [-0.3, -0.25) is 19.5 Å². The largest absolute Gasteiger partial charge is 0.497 e. The number of aromatic nitrogens is 9. The van der Waals surface area contributed by atoms with Crippen molar-refractivity contribution < 1.29 is 46.9 Å². The molecule has 6 heterocycles. The average molecular weight is 1270 g/mol. The zero-order valence-electron chi connectivity index (χ0n) is 50.3. The maximum atomic E-state index is 12.5. The highest BCUT2D eigenvalue weighted by atomic mass is 35.5. The lowest BCUT2D eigenvalue weighted by Gasteiger charge is -2.25. The molecule has 0 radical (unpaired) electrons. The molecular formula is C69H66ClF3N12O7. The van der Waals surface area contributed by atoms with E-state index in [1.165, 1.54) is 44.3 Å². The molecular weight excluding hydrogens is 1200 g/mol. The lowest BCUT2D eigenvalue weighted by molar-refractivity contribution is -0.192. The lowest BCUT2D eigenvalue weighted by Crippen LogP contribution is -2.38. The van der Waals surface area contributed by atoms with Crippen molar-refractivity contribution in [3.05, 3.63) is 238 Å². The minimum Gasteiger partial charge on any atom is -0.497 e. The monoisotopic (exact) mass is 1270 g/mol. The number of alkyl halides is 3. The first-order valence-corrected chi connectivity index (χ1v) is 30.1. The van der Waals surface area contributed by atoms with Crippen LogP contribution < -0.4 is 25.8 Å². The van der Waals surface area contributed by atoms with Crippen LogP contribution in [-0.4, -0.2) is 111 Å². The number of H-pyrrole nitrogens is 1. The number of amides is 2. The molecule has 0 bridgehead atoms. The molecule has 2 amide bonds. The molecule has 0 aliphatic heterocycles. The highest BCUT2D eigenvalue weighted by molar-refractivity contribution is 6.67. The number of fused-ring (bicyclic) bond motifs is 9. The summed E-state index contributed by atoms with van der Waals surface area (Å²) in [6.45, 7) is 1.37. The van der Waals surface area contributed by atoms with Gasteiger partial charge in [0.2, 0.25) is 0 Å². The van der Waals surface area contributed by atoms with Gasteiger partial charge >= 0.3 is 12.1 Å². The summed E-state index contributed by atoms with van der Waals surface area (Å²) in [7, 11) is 3.34. The van der Waals surface area contributed by atoms with Gasteiger partial charge < -0.3 is 30.9 Å². The minimum absolute atomic E-state index is 0.00796. The van der Waals surface area contributed by atoms with Crippen LogP contribution in [-0.2, 0) is 56.4 Å². The predicted octanol–water partition coefficient (Wildman–Crippen LogP) is 11.0. The van der Waals surface area contributed by atoms with Gasteiger partial charge in [0.25, 0.3) is 17.1 Å². The summed E-state index contributed by atoms with van der Waals surface area (Å²) in [5, 5.41) is 32.5. The van der Waals surface area contributed by atoms with E-state index in [4.69, 9.17) is 41.7 Å². The fourth-order valence-electron chi connectivity index (χ4n) is 11.3. The smallest absolute Gasteiger partial charge is 0.490 e. The number of carbonyl (C=O) groups excluding carboxylic acids is 3. The number of carboxylic acids is 1. The molecule has 0 saturated heterocycles. The number of nitrogens with zero attached hydrogens (tertiary/aromatic N) is 8. The molecule has 11 aromatic rings. The minimum atomic E-state index is -5.08. The number of benzene rings is 5. The van der Waals surface area contributed by atoms with E-state index in [9.17, 15) is 27.6 Å². The van der Waals surface area contributed by atoms with Crippen molar-refractivity contribution in [3.63, 3.8) is 0 Å². The van der Waals surface area contributed by atoms with Gasteiger partial charge in [0, 0.05) is 69.6 Å². The number of aliphatic carboxylic acids is 1. The predicted molar refractivity (Wildman–Crippen MR) is 343 cm³/mol. The second-order valence-corrected chi connectivity index (χ2v) is 22.5. The highest BCUT2D eigenvalue weighted by Crippen LogP contribution is 2.31. The Bertz CT molecular complexity index is 4320. The second kappa shape index (κ2) is 30.0. The number of nitrogens with one attached hydrogen (secondary N) is 3. The summed E-state index contributed by atoms with van der Waals surface area (Å²) in [5.41, 5.74) is 20.7. The van der Waals surface area contributed by atoms with Crippen LogP contribution in [0.15, 0.2) is 177 Å². The van der Waals surface area contributed by atoms with Crippen LogP contribution in [0.2, 0.25) is 0 Å². The van der Waals surface area contributed by atoms with Crippen molar-refractivity contribution in [1.82, 2.24) is 55.3 Å². The Balaban J connectivity index is 0.000000137. The van der Waals surface area contributed by atoms with Crippen molar-refractivity contribution >= 4 is 67.7 Å². The standard InChI is InChI=1S/C25H24N4O2.C18H20N4O.C17H16N4O.C7H5ClO.C2HF3O2/c1-31-21-10-7-17(8-11-21)16-29-24-23(15-27-29)22-12-9-20(13-19(22)14-26-24)28-25(30)18-5-3-2-4-6-18;1-23-15-5-2-12(3-6-15)11-22-18-17(10-21-22)16-7-4-14(19)8-13(16)9-20-18;22-17(11-4-2-1-3-5-11)20-13-6-7-14-12(8-13)9-18-16-15(14)10-19-21-16;8-7(9)6-4-2-1-3-5-6;3-2(4,5)1(6)7/h2-8,10-11,14-15,20H,9,12-13,16H2,1H3,(H,28,30);2-3,5-6,9-10,14H,4,7-8,11,19H2,1H3;1-5,9-10,13H,6-8H2,(H,20,22)(H,18,19,21);1-5H;(H,6,7). The number of methoxy groups -OCH3 is 2. The van der Waals surface area contributed by atoms with E-state index >= 15 is 0 Å². The van der Waals surface area contributed by atoms with Crippen molar-refractivity contribution in [3.8, 4) is 11.5 Å². The van der Waals surface area contributed by atoms with Crippen molar-refractivity contribution in [1.29, 1.82) is 0 Å². The topological polar surface area (TPSA) is 260 Å². The van der Waals surface area contributed by atoms with Crippen molar-refractivity contribution in [2.75, 3.05) is 14.2 Å². The Morgan fingerprint density at radius 3 is 1.38 bits per heavy atom. The molecule has 472 valence electrons. The van der Waals surface area contributed by atoms with Crippen LogP contribution in [0.1, 0.15) is 94.8 Å². The highest BCUT2D eigenvalue weighted by Gasteiger charge is 2.38. The maximum Gasteiger partial charge on any atom is 0.490 e. The normalized spacial score (nSPS) is 15.4. The molecule has 23 heteroatoms. The van der Waals surface area contributed by atoms with Gasteiger partial charge in [-0.25, -0.2) is 29.1 Å². The fraction of sp³-hybridized carbons (Fsp3) is 0.246. The number of pyridine rings is 3. The van der Waals surface area contributed by atoms with E-state index in [-0.39, 0.29) is 29.9 Å². The molecule has 0 saturated carbocycles. The molecule has 14 rings (SSSR count). The number of rotatable bonds is 11. The zero-order valence-corrected chi connectivity index (χ0v) is 51.1. The molecule has 92 heavy (non-hydrogen) atoms. The molecule has 19 nitrogen and oxygen atoms in total. The van der Waals surface area contributed by atoms with Crippen LogP contribution >= 0.6 is 11.6 Å². The summed E-state index contributed by atoms with van der Waals surface area (Å²) in [6.07, 6.45) is 14.7. The van der Waals surface area contributed by atoms with Crippen LogP contribution in [0.5, 0.6) is 11.5 Å². The first-order chi connectivity index (χ1) is 44.5. The Morgan fingerprint density at radius 2 is 0.967 bits per heavy atom. The summed E-state index contributed by atoms with van der Waals surface area (Å²) in [5.74, 6) is -1.08. The number of halogens is 4. The van der Waals surface area contributed by atoms with Crippen LogP contribution in [0.3, 0.4) is 0 Å². The Morgan fingerprint density at radius 1 is 0.565 bits per heavy atom. The van der Waals surface area contributed by atoms with Crippen molar-refractivity contribution in [2.24, 2.45) is 5.73 Å². The fourth-order valence-corrected chi connectivity index (χ4v) is 11.4. The molecule has 3 aliphatic carbocycles. The molecule has 0 fully saturated rings. The first-order valence-electron chi connectivity index (χ1n) is 29.7. The average Bonchev–Trinajstić information content (AvgIpc) is 1.60. The molecule has 5 aromatic carbocycles.